The number of carbonyl (C=O) groups excluding carboxylic acids is 1. The summed E-state index contributed by atoms with van der Waals surface area (Å²) in [5.41, 5.74) is 2.34. The van der Waals surface area contributed by atoms with E-state index in [0.29, 0.717) is 5.92 Å². The van der Waals surface area contributed by atoms with Crippen molar-refractivity contribution < 1.29 is 4.79 Å². The summed E-state index contributed by atoms with van der Waals surface area (Å²) in [7, 11) is 0. The van der Waals surface area contributed by atoms with Gasteiger partial charge in [0.05, 0.1) is 0 Å². The molecule has 23 heavy (non-hydrogen) atoms. The molecule has 1 aromatic rings. The summed E-state index contributed by atoms with van der Waals surface area (Å²) in [5.74, 6) is 0.588. The van der Waals surface area contributed by atoms with Gasteiger partial charge in [0.15, 0.2) is 0 Å². The molecule has 0 saturated carbocycles. The number of rotatable bonds is 4. The van der Waals surface area contributed by atoms with Gasteiger partial charge in [-0.1, -0.05) is 18.2 Å². The molecule has 0 radical (unpaired) electrons. The van der Waals surface area contributed by atoms with E-state index in [4.69, 9.17) is 0 Å². The lowest BCUT2D eigenvalue weighted by atomic mass is 9.92. The Morgan fingerprint density at radius 1 is 1.26 bits per heavy atom. The maximum atomic E-state index is 12.8. The van der Waals surface area contributed by atoms with E-state index < -0.39 is 0 Å². The zero-order valence-electron chi connectivity index (χ0n) is 13.8. The Bertz CT molecular complexity index is 570. The first kappa shape index (κ1) is 15.2. The molecule has 3 aliphatic rings. The van der Waals surface area contributed by atoms with E-state index in [1.165, 1.54) is 44.3 Å². The van der Waals surface area contributed by atoms with Crippen LogP contribution in [0.5, 0.6) is 0 Å². The Labute approximate surface area is 138 Å². The normalized spacial score (nSPS) is 26.3. The van der Waals surface area contributed by atoms with Gasteiger partial charge in [0.25, 0.3) is 5.91 Å². The number of carbonyl (C=O) groups is 1. The van der Waals surface area contributed by atoms with Crippen molar-refractivity contribution in [1.29, 1.82) is 0 Å². The molecule has 1 amide bonds. The largest absolute Gasteiger partial charge is 0.350 e. The summed E-state index contributed by atoms with van der Waals surface area (Å²) in [6.45, 7) is 5.27. The van der Waals surface area contributed by atoms with E-state index in [2.05, 4.69) is 27.7 Å². The van der Waals surface area contributed by atoms with Gasteiger partial charge in [-0.3, -0.25) is 9.69 Å². The fraction of sp³-hybridized carbons (Fsp3) is 0.632. The molecule has 1 atom stereocenters. The molecule has 0 bridgehead atoms. The van der Waals surface area contributed by atoms with Crippen molar-refractivity contribution in [3.8, 4) is 0 Å². The number of benzene rings is 1. The van der Waals surface area contributed by atoms with E-state index in [0.717, 1.165) is 31.6 Å². The Hall–Kier alpha value is -1.39. The standard InChI is InChI=1S/C19H27N3O/c23-18(21-14-19-8-3-11-22(19)12-4-9-19)17-6-2-1-5-16(17)15-7-10-20-13-15/h1-2,5-6,15,20H,3-4,7-14H2,(H,21,23)/t15-/m1/s1. The highest BCUT2D eigenvalue weighted by atomic mass is 16.1. The molecule has 4 heteroatoms. The van der Waals surface area contributed by atoms with E-state index in [-0.39, 0.29) is 11.4 Å². The minimum atomic E-state index is 0.112. The lowest BCUT2D eigenvalue weighted by Gasteiger charge is -2.32. The fourth-order valence-electron chi connectivity index (χ4n) is 4.83. The first-order valence-corrected chi connectivity index (χ1v) is 9.11. The van der Waals surface area contributed by atoms with Gasteiger partial charge >= 0.3 is 0 Å². The predicted octanol–water partition coefficient (Wildman–Crippen LogP) is 2.12. The van der Waals surface area contributed by atoms with Crippen molar-refractivity contribution in [2.75, 3.05) is 32.7 Å². The van der Waals surface area contributed by atoms with Gasteiger partial charge in [-0.25, -0.2) is 0 Å². The van der Waals surface area contributed by atoms with Gasteiger partial charge in [-0.05, 0) is 69.3 Å². The Morgan fingerprint density at radius 3 is 2.78 bits per heavy atom. The molecular formula is C19H27N3O. The molecule has 1 aromatic carbocycles. The van der Waals surface area contributed by atoms with Crippen molar-refractivity contribution in [2.24, 2.45) is 0 Å². The zero-order chi connectivity index (χ0) is 15.7. The maximum Gasteiger partial charge on any atom is 0.251 e. The van der Waals surface area contributed by atoms with E-state index >= 15 is 0 Å². The number of nitrogens with zero attached hydrogens (tertiary/aromatic N) is 1. The summed E-state index contributed by atoms with van der Waals surface area (Å²) in [6.07, 6.45) is 6.16. The van der Waals surface area contributed by atoms with Crippen LogP contribution in [0.2, 0.25) is 0 Å². The lowest BCUT2D eigenvalue weighted by molar-refractivity contribution is 0.0918. The van der Waals surface area contributed by atoms with Crippen LogP contribution in [0.4, 0.5) is 0 Å². The lowest BCUT2D eigenvalue weighted by Crippen LogP contribution is -2.48. The molecule has 3 saturated heterocycles. The Balaban J connectivity index is 1.47. The molecule has 4 nitrogen and oxygen atoms in total. The zero-order valence-corrected chi connectivity index (χ0v) is 13.8. The number of amides is 1. The quantitative estimate of drug-likeness (QED) is 0.895. The van der Waals surface area contributed by atoms with Gasteiger partial charge in [0.2, 0.25) is 0 Å². The fourth-order valence-corrected chi connectivity index (χ4v) is 4.83. The van der Waals surface area contributed by atoms with E-state index in [1.54, 1.807) is 0 Å². The van der Waals surface area contributed by atoms with Crippen molar-refractivity contribution in [2.45, 2.75) is 43.6 Å². The van der Waals surface area contributed by atoms with Gasteiger partial charge in [-0.15, -0.1) is 0 Å². The highest BCUT2D eigenvalue weighted by Gasteiger charge is 2.44. The molecule has 0 unspecified atom stereocenters. The van der Waals surface area contributed by atoms with Crippen LogP contribution in [0.15, 0.2) is 24.3 Å². The van der Waals surface area contributed by atoms with E-state index in [1.807, 2.05) is 12.1 Å². The summed E-state index contributed by atoms with van der Waals surface area (Å²) in [5, 5.41) is 6.67. The van der Waals surface area contributed by atoms with Crippen LogP contribution in [0.3, 0.4) is 0 Å². The molecule has 2 N–H and O–H groups in total. The molecule has 3 fully saturated rings. The second-order valence-corrected chi connectivity index (χ2v) is 7.38. The van der Waals surface area contributed by atoms with Gasteiger partial charge in [-0.2, -0.15) is 0 Å². The monoisotopic (exact) mass is 313 g/mol. The van der Waals surface area contributed by atoms with Crippen LogP contribution < -0.4 is 10.6 Å². The first-order chi connectivity index (χ1) is 11.3. The Morgan fingerprint density at radius 2 is 2.04 bits per heavy atom. The molecule has 0 aromatic heterocycles. The summed E-state index contributed by atoms with van der Waals surface area (Å²) in [6, 6.07) is 8.15. The second-order valence-electron chi connectivity index (χ2n) is 7.38. The van der Waals surface area contributed by atoms with Crippen molar-refractivity contribution >= 4 is 5.91 Å². The topological polar surface area (TPSA) is 44.4 Å². The molecule has 3 aliphatic heterocycles. The minimum Gasteiger partial charge on any atom is -0.350 e. The minimum absolute atomic E-state index is 0.112. The van der Waals surface area contributed by atoms with E-state index in [9.17, 15) is 4.79 Å². The van der Waals surface area contributed by atoms with Crippen molar-refractivity contribution in [3.63, 3.8) is 0 Å². The summed E-state index contributed by atoms with van der Waals surface area (Å²) in [4.78, 5) is 15.4. The number of nitrogens with one attached hydrogen (secondary N) is 2. The smallest absolute Gasteiger partial charge is 0.251 e. The average molecular weight is 313 g/mol. The molecule has 3 heterocycles. The highest BCUT2D eigenvalue weighted by Crippen LogP contribution is 2.38. The summed E-state index contributed by atoms with van der Waals surface area (Å²) >= 11 is 0. The van der Waals surface area contributed by atoms with Crippen LogP contribution in [-0.2, 0) is 0 Å². The highest BCUT2D eigenvalue weighted by molar-refractivity contribution is 5.96. The third-order valence-corrected chi connectivity index (χ3v) is 6.09. The third-order valence-electron chi connectivity index (χ3n) is 6.09. The molecule has 0 aliphatic carbocycles. The number of hydrogen-bond acceptors (Lipinski definition) is 3. The molecule has 0 spiro atoms. The van der Waals surface area contributed by atoms with Crippen LogP contribution in [0.1, 0.15) is 53.9 Å². The van der Waals surface area contributed by atoms with Gasteiger partial charge in [0.1, 0.15) is 0 Å². The SMILES string of the molecule is O=C(NCC12CCCN1CCC2)c1ccccc1[C@@H]1CCNC1. The third kappa shape index (κ3) is 2.79. The van der Waals surface area contributed by atoms with Gasteiger partial charge in [0, 0.05) is 24.2 Å². The molecule has 4 rings (SSSR count). The average Bonchev–Trinajstić information content (AvgIpc) is 3.29. The molecule has 124 valence electrons. The second kappa shape index (κ2) is 6.25. The van der Waals surface area contributed by atoms with Crippen LogP contribution >= 0.6 is 0 Å². The van der Waals surface area contributed by atoms with Crippen molar-refractivity contribution in [1.82, 2.24) is 15.5 Å². The van der Waals surface area contributed by atoms with Crippen LogP contribution in [0, 0.1) is 0 Å². The van der Waals surface area contributed by atoms with Crippen LogP contribution in [-0.4, -0.2) is 49.1 Å². The van der Waals surface area contributed by atoms with Gasteiger partial charge < -0.3 is 10.6 Å². The Kier molecular flexibility index (Phi) is 4.12. The predicted molar refractivity (Wildman–Crippen MR) is 91.8 cm³/mol. The maximum absolute atomic E-state index is 12.8. The first-order valence-electron chi connectivity index (χ1n) is 9.11. The molecular weight excluding hydrogens is 286 g/mol. The number of fused-ring (bicyclic) bond motifs is 1. The van der Waals surface area contributed by atoms with Crippen LogP contribution in [0.25, 0.3) is 0 Å². The summed E-state index contributed by atoms with van der Waals surface area (Å²) < 4.78 is 0. The number of hydrogen-bond donors (Lipinski definition) is 2. The van der Waals surface area contributed by atoms with Crippen molar-refractivity contribution in [3.05, 3.63) is 35.4 Å².